The molecule has 2 aromatic rings. The molecule has 0 aromatic heterocycles. The lowest BCUT2D eigenvalue weighted by molar-refractivity contribution is 0.576. The van der Waals surface area contributed by atoms with Crippen molar-refractivity contribution in [3.8, 4) is 0 Å². The maximum Gasteiger partial charge on any atom is 0.128 e. The largest absolute Gasteiger partial charge is 0.320 e. The van der Waals surface area contributed by atoms with Crippen LogP contribution in [0.4, 0.5) is 8.78 Å². The van der Waals surface area contributed by atoms with Gasteiger partial charge in [-0.1, -0.05) is 17.7 Å². The summed E-state index contributed by atoms with van der Waals surface area (Å²) < 4.78 is 27.6. The predicted molar refractivity (Wildman–Crippen MR) is 76.6 cm³/mol. The summed E-state index contributed by atoms with van der Waals surface area (Å²) in [6.07, 6.45) is 0. The molecule has 0 saturated carbocycles. The summed E-state index contributed by atoms with van der Waals surface area (Å²) in [6.45, 7) is 0. The van der Waals surface area contributed by atoms with E-state index in [4.69, 9.17) is 17.3 Å². The molecule has 0 heterocycles. The van der Waals surface area contributed by atoms with E-state index in [0.29, 0.717) is 10.6 Å². The Balaban J connectivity index is 2.44. The summed E-state index contributed by atoms with van der Waals surface area (Å²) in [5, 5.41) is 0.542. The quantitative estimate of drug-likeness (QED) is 0.775. The van der Waals surface area contributed by atoms with Gasteiger partial charge in [0.15, 0.2) is 0 Å². The summed E-state index contributed by atoms with van der Waals surface area (Å²) >= 11 is 8.07. The van der Waals surface area contributed by atoms with Gasteiger partial charge in [-0.3, -0.25) is 0 Å². The molecular formula is C13H9ClF2IN. The van der Waals surface area contributed by atoms with Gasteiger partial charge in [0, 0.05) is 9.13 Å². The second-order valence-corrected chi connectivity index (χ2v) is 5.39. The Hall–Kier alpha value is -0.720. The van der Waals surface area contributed by atoms with Gasteiger partial charge in [0.25, 0.3) is 0 Å². The molecule has 0 aliphatic carbocycles. The molecule has 0 saturated heterocycles. The molecule has 2 aromatic carbocycles. The first-order chi connectivity index (χ1) is 8.49. The van der Waals surface area contributed by atoms with Crippen LogP contribution in [0.3, 0.4) is 0 Å². The van der Waals surface area contributed by atoms with Crippen molar-refractivity contribution in [2.24, 2.45) is 5.73 Å². The second kappa shape index (κ2) is 5.50. The monoisotopic (exact) mass is 379 g/mol. The van der Waals surface area contributed by atoms with Gasteiger partial charge in [-0.2, -0.15) is 0 Å². The van der Waals surface area contributed by atoms with Gasteiger partial charge in [-0.15, -0.1) is 0 Å². The number of halogens is 4. The van der Waals surface area contributed by atoms with Crippen LogP contribution >= 0.6 is 34.2 Å². The van der Waals surface area contributed by atoms with Crippen molar-refractivity contribution in [1.82, 2.24) is 0 Å². The van der Waals surface area contributed by atoms with E-state index < -0.39 is 17.7 Å². The van der Waals surface area contributed by atoms with E-state index in [1.165, 1.54) is 0 Å². The molecule has 0 amide bonds. The lowest BCUT2D eigenvalue weighted by atomic mass is 9.99. The molecule has 1 atom stereocenters. The van der Waals surface area contributed by atoms with Crippen LogP contribution in [-0.4, -0.2) is 0 Å². The van der Waals surface area contributed by atoms with Crippen LogP contribution in [0.15, 0.2) is 36.4 Å². The highest BCUT2D eigenvalue weighted by atomic mass is 127. The Bertz CT molecular complexity index is 589. The summed E-state index contributed by atoms with van der Waals surface area (Å²) in [4.78, 5) is 0. The van der Waals surface area contributed by atoms with Gasteiger partial charge in [0.1, 0.15) is 11.6 Å². The second-order valence-electron chi connectivity index (χ2n) is 3.82. The Morgan fingerprint density at radius 2 is 1.83 bits per heavy atom. The van der Waals surface area contributed by atoms with Crippen molar-refractivity contribution in [1.29, 1.82) is 0 Å². The van der Waals surface area contributed by atoms with Crippen molar-refractivity contribution in [3.05, 3.63) is 67.8 Å². The Kier molecular flexibility index (Phi) is 4.19. The highest BCUT2D eigenvalue weighted by Gasteiger charge is 2.15. The average molecular weight is 380 g/mol. The summed E-state index contributed by atoms with van der Waals surface area (Å²) in [7, 11) is 0. The lowest BCUT2D eigenvalue weighted by Gasteiger charge is -2.14. The van der Waals surface area contributed by atoms with Crippen molar-refractivity contribution < 1.29 is 8.78 Å². The van der Waals surface area contributed by atoms with E-state index >= 15 is 0 Å². The van der Waals surface area contributed by atoms with Gasteiger partial charge in [-0.05, 0) is 58.5 Å². The number of benzene rings is 2. The first-order valence-corrected chi connectivity index (χ1v) is 6.60. The van der Waals surface area contributed by atoms with Crippen molar-refractivity contribution >= 4 is 34.2 Å². The maximum absolute atomic E-state index is 13.6. The highest BCUT2D eigenvalue weighted by molar-refractivity contribution is 14.1. The molecule has 0 aliphatic rings. The van der Waals surface area contributed by atoms with Gasteiger partial charge in [0.2, 0.25) is 0 Å². The zero-order chi connectivity index (χ0) is 13.3. The fraction of sp³-hybridized carbons (Fsp3) is 0.0769. The van der Waals surface area contributed by atoms with Crippen LogP contribution in [-0.2, 0) is 0 Å². The van der Waals surface area contributed by atoms with Gasteiger partial charge >= 0.3 is 0 Å². The van der Waals surface area contributed by atoms with Crippen LogP contribution in [0.1, 0.15) is 17.2 Å². The van der Waals surface area contributed by atoms with Crippen LogP contribution in [0.2, 0.25) is 5.02 Å². The van der Waals surface area contributed by atoms with Gasteiger partial charge < -0.3 is 5.73 Å². The first kappa shape index (κ1) is 13.7. The minimum absolute atomic E-state index is 0.118. The van der Waals surface area contributed by atoms with E-state index in [1.54, 1.807) is 18.2 Å². The molecular weight excluding hydrogens is 371 g/mol. The smallest absolute Gasteiger partial charge is 0.128 e. The fourth-order valence-electron chi connectivity index (χ4n) is 1.64. The number of nitrogens with two attached hydrogens (primary N) is 1. The molecule has 0 aliphatic heterocycles. The van der Waals surface area contributed by atoms with Crippen LogP contribution in [0.5, 0.6) is 0 Å². The van der Waals surface area contributed by atoms with E-state index in [9.17, 15) is 8.78 Å². The minimum Gasteiger partial charge on any atom is -0.320 e. The summed E-state index contributed by atoms with van der Waals surface area (Å²) in [6, 6.07) is 7.70. The minimum atomic E-state index is -0.741. The number of hydrogen-bond acceptors (Lipinski definition) is 1. The van der Waals surface area contributed by atoms with E-state index in [2.05, 4.69) is 22.6 Å². The first-order valence-electron chi connectivity index (χ1n) is 5.14. The summed E-state index contributed by atoms with van der Waals surface area (Å²) in [5.74, 6) is -1.04. The SMILES string of the molecule is NC(c1ccc(I)c(Cl)c1)c1cc(F)ccc1F. The maximum atomic E-state index is 13.6. The predicted octanol–water partition coefficient (Wildman–Crippen LogP) is 4.27. The Labute approximate surface area is 122 Å². The zero-order valence-corrected chi connectivity index (χ0v) is 12.0. The molecule has 1 unspecified atom stereocenters. The van der Waals surface area contributed by atoms with Crippen LogP contribution in [0.25, 0.3) is 0 Å². The molecule has 2 rings (SSSR count). The average Bonchev–Trinajstić information content (AvgIpc) is 2.35. The normalized spacial score (nSPS) is 12.5. The molecule has 2 N–H and O–H groups in total. The van der Waals surface area contributed by atoms with Crippen molar-refractivity contribution in [2.75, 3.05) is 0 Å². The molecule has 94 valence electrons. The van der Waals surface area contributed by atoms with Crippen molar-refractivity contribution in [3.63, 3.8) is 0 Å². The fourth-order valence-corrected chi connectivity index (χ4v) is 2.16. The van der Waals surface area contributed by atoms with E-state index in [0.717, 1.165) is 21.8 Å². The molecule has 5 heteroatoms. The summed E-state index contributed by atoms with van der Waals surface area (Å²) in [5.41, 5.74) is 6.70. The lowest BCUT2D eigenvalue weighted by Crippen LogP contribution is -2.14. The Morgan fingerprint density at radius 3 is 2.50 bits per heavy atom. The van der Waals surface area contributed by atoms with Crippen LogP contribution < -0.4 is 5.73 Å². The molecule has 0 bridgehead atoms. The highest BCUT2D eigenvalue weighted by Crippen LogP contribution is 2.27. The van der Waals surface area contributed by atoms with Gasteiger partial charge in [0.05, 0.1) is 11.1 Å². The molecule has 0 fully saturated rings. The molecule has 0 spiro atoms. The third kappa shape index (κ3) is 2.81. The standard InChI is InChI=1S/C13H9ClF2IN/c14-10-5-7(1-4-12(10)17)13(18)9-6-8(15)2-3-11(9)16/h1-6,13H,18H2. The third-order valence-corrected chi connectivity index (χ3v) is 4.17. The van der Waals surface area contributed by atoms with Gasteiger partial charge in [-0.25, -0.2) is 8.78 Å². The molecule has 18 heavy (non-hydrogen) atoms. The third-order valence-electron chi connectivity index (χ3n) is 2.60. The molecule has 0 radical (unpaired) electrons. The van der Waals surface area contributed by atoms with E-state index in [-0.39, 0.29) is 5.56 Å². The molecule has 1 nitrogen and oxygen atoms in total. The topological polar surface area (TPSA) is 26.0 Å². The van der Waals surface area contributed by atoms with Crippen molar-refractivity contribution in [2.45, 2.75) is 6.04 Å². The number of hydrogen-bond donors (Lipinski definition) is 1. The van der Waals surface area contributed by atoms with Crippen LogP contribution in [0, 0.1) is 15.2 Å². The Morgan fingerprint density at radius 1 is 1.11 bits per heavy atom. The zero-order valence-electron chi connectivity index (χ0n) is 9.13. The van der Waals surface area contributed by atoms with E-state index in [1.807, 2.05) is 0 Å². The number of rotatable bonds is 2.